The number of benzene rings is 1. The van der Waals surface area contributed by atoms with Gasteiger partial charge in [0.25, 0.3) is 0 Å². The molecule has 1 fully saturated rings. The first-order valence-corrected chi connectivity index (χ1v) is 6.96. The van der Waals surface area contributed by atoms with E-state index in [2.05, 4.69) is 10.2 Å². The van der Waals surface area contributed by atoms with Gasteiger partial charge in [-0.2, -0.15) is 0 Å². The number of rotatable bonds is 2. The van der Waals surface area contributed by atoms with E-state index < -0.39 is 11.5 Å². The SMILES string of the molecule is O=C(O)C1(N2CCNCC2)Cc2ccc(Cl)cc2C1. The van der Waals surface area contributed by atoms with Crippen molar-refractivity contribution in [2.75, 3.05) is 26.2 Å². The predicted octanol–water partition coefficient (Wildman–Crippen LogP) is 1.17. The van der Waals surface area contributed by atoms with E-state index in [1.165, 1.54) is 0 Å². The molecule has 1 aromatic rings. The van der Waals surface area contributed by atoms with Crippen molar-refractivity contribution in [3.63, 3.8) is 0 Å². The zero-order valence-corrected chi connectivity index (χ0v) is 11.4. The second-order valence-electron chi connectivity index (χ2n) is 5.34. The van der Waals surface area contributed by atoms with Crippen LogP contribution in [0.15, 0.2) is 18.2 Å². The molecule has 1 atom stereocenters. The van der Waals surface area contributed by atoms with E-state index in [4.69, 9.17) is 11.6 Å². The molecule has 5 heteroatoms. The molecule has 0 saturated carbocycles. The standard InChI is InChI=1S/C14H17ClN2O2/c15-12-2-1-10-8-14(13(18)19,9-11(10)7-12)17-5-3-16-4-6-17/h1-2,7,16H,3-6,8-9H2,(H,18,19). The van der Waals surface area contributed by atoms with Gasteiger partial charge in [0, 0.05) is 44.0 Å². The number of hydrogen-bond acceptors (Lipinski definition) is 3. The van der Waals surface area contributed by atoms with E-state index in [9.17, 15) is 9.90 Å². The van der Waals surface area contributed by atoms with Gasteiger partial charge in [-0.05, 0) is 23.3 Å². The van der Waals surface area contributed by atoms with Gasteiger partial charge in [0.15, 0.2) is 0 Å². The summed E-state index contributed by atoms with van der Waals surface area (Å²) in [6, 6.07) is 5.71. The number of nitrogens with one attached hydrogen (secondary N) is 1. The van der Waals surface area contributed by atoms with E-state index in [1.54, 1.807) is 0 Å². The highest BCUT2D eigenvalue weighted by Crippen LogP contribution is 2.36. The maximum Gasteiger partial charge on any atom is 0.324 e. The summed E-state index contributed by atoms with van der Waals surface area (Å²) in [5.41, 5.74) is 1.41. The summed E-state index contributed by atoms with van der Waals surface area (Å²) in [6.07, 6.45) is 1.13. The molecule has 0 bridgehead atoms. The van der Waals surface area contributed by atoms with Gasteiger partial charge in [-0.25, -0.2) is 0 Å². The van der Waals surface area contributed by atoms with Crippen LogP contribution in [-0.2, 0) is 17.6 Å². The summed E-state index contributed by atoms with van der Waals surface area (Å²) >= 11 is 6.01. The van der Waals surface area contributed by atoms with Gasteiger partial charge >= 0.3 is 5.97 Å². The molecule has 1 unspecified atom stereocenters. The van der Waals surface area contributed by atoms with Gasteiger partial charge in [0.05, 0.1) is 0 Å². The molecule has 19 heavy (non-hydrogen) atoms. The molecule has 4 nitrogen and oxygen atoms in total. The van der Waals surface area contributed by atoms with Crippen molar-refractivity contribution in [2.24, 2.45) is 0 Å². The maximum absolute atomic E-state index is 11.9. The molecule has 0 radical (unpaired) electrons. The van der Waals surface area contributed by atoms with Crippen LogP contribution in [0.25, 0.3) is 0 Å². The molecule has 1 saturated heterocycles. The molecule has 1 heterocycles. The number of fused-ring (bicyclic) bond motifs is 1. The molecule has 0 spiro atoms. The topological polar surface area (TPSA) is 52.6 Å². The normalized spacial score (nSPS) is 27.2. The van der Waals surface area contributed by atoms with Crippen LogP contribution in [0.4, 0.5) is 0 Å². The van der Waals surface area contributed by atoms with Crippen LogP contribution < -0.4 is 5.32 Å². The molecular weight excluding hydrogens is 264 g/mol. The highest BCUT2D eigenvalue weighted by atomic mass is 35.5. The smallest absolute Gasteiger partial charge is 0.324 e. The maximum atomic E-state index is 11.9. The number of carbonyl (C=O) groups is 1. The second kappa shape index (κ2) is 4.78. The molecule has 1 aliphatic heterocycles. The third kappa shape index (κ3) is 2.14. The Balaban J connectivity index is 1.94. The summed E-state index contributed by atoms with van der Waals surface area (Å²) in [4.78, 5) is 14.0. The predicted molar refractivity (Wildman–Crippen MR) is 73.7 cm³/mol. The number of carboxylic acid groups (broad SMARTS) is 1. The minimum atomic E-state index is -0.783. The van der Waals surface area contributed by atoms with E-state index in [0.717, 1.165) is 37.3 Å². The number of piperazine rings is 1. The first-order valence-electron chi connectivity index (χ1n) is 6.58. The fourth-order valence-corrected chi connectivity index (χ4v) is 3.42. The number of hydrogen-bond donors (Lipinski definition) is 2. The lowest BCUT2D eigenvalue weighted by Gasteiger charge is -2.40. The third-order valence-electron chi connectivity index (χ3n) is 4.25. The summed E-state index contributed by atoms with van der Waals surface area (Å²) in [6.45, 7) is 3.28. The molecule has 102 valence electrons. The van der Waals surface area contributed by atoms with Gasteiger partial charge in [0.1, 0.15) is 5.54 Å². The van der Waals surface area contributed by atoms with E-state index >= 15 is 0 Å². The number of halogens is 1. The molecule has 2 N–H and O–H groups in total. The van der Waals surface area contributed by atoms with E-state index in [0.29, 0.717) is 17.9 Å². The zero-order chi connectivity index (χ0) is 13.5. The van der Waals surface area contributed by atoms with Gasteiger partial charge in [0.2, 0.25) is 0 Å². The van der Waals surface area contributed by atoms with Crippen molar-refractivity contribution in [1.29, 1.82) is 0 Å². The van der Waals surface area contributed by atoms with E-state index in [-0.39, 0.29) is 0 Å². The van der Waals surface area contributed by atoms with Crippen molar-refractivity contribution in [2.45, 2.75) is 18.4 Å². The Bertz CT molecular complexity index is 514. The highest BCUT2D eigenvalue weighted by Gasteiger charge is 2.48. The van der Waals surface area contributed by atoms with Crippen LogP contribution in [0.2, 0.25) is 5.02 Å². The van der Waals surface area contributed by atoms with Crippen LogP contribution in [0, 0.1) is 0 Å². The summed E-state index contributed by atoms with van der Waals surface area (Å²) in [5.74, 6) is -0.721. The van der Waals surface area contributed by atoms with Crippen molar-refractivity contribution in [3.05, 3.63) is 34.3 Å². The molecule has 0 amide bonds. The average molecular weight is 281 g/mol. The van der Waals surface area contributed by atoms with Crippen LogP contribution in [0.1, 0.15) is 11.1 Å². The van der Waals surface area contributed by atoms with Gasteiger partial charge in [-0.15, -0.1) is 0 Å². The van der Waals surface area contributed by atoms with Crippen molar-refractivity contribution in [3.8, 4) is 0 Å². The Labute approximate surface area is 117 Å². The zero-order valence-electron chi connectivity index (χ0n) is 10.7. The van der Waals surface area contributed by atoms with Gasteiger partial charge < -0.3 is 10.4 Å². The van der Waals surface area contributed by atoms with Crippen LogP contribution in [-0.4, -0.2) is 47.7 Å². The molecule has 3 rings (SSSR count). The molecule has 2 aliphatic rings. The monoisotopic (exact) mass is 280 g/mol. The van der Waals surface area contributed by atoms with Crippen LogP contribution in [0.3, 0.4) is 0 Å². The number of nitrogens with zero attached hydrogens (tertiary/aromatic N) is 1. The lowest BCUT2D eigenvalue weighted by atomic mass is 9.92. The Hall–Kier alpha value is -1.10. The van der Waals surface area contributed by atoms with Crippen LogP contribution in [0.5, 0.6) is 0 Å². The van der Waals surface area contributed by atoms with Crippen molar-refractivity contribution < 1.29 is 9.90 Å². The quantitative estimate of drug-likeness (QED) is 0.854. The van der Waals surface area contributed by atoms with Gasteiger partial charge in [-0.3, -0.25) is 9.69 Å². The first kappa shape index (κ1) is 12.9. The summed E-state index contributed by atoms with van der Waals surface area (Å²) in [5, 5.41) is 13.7. The molecule has 1 aliphatic carbocycles. The number of aliphatic carboxylic acids is 1. The van der Waals surface area contributed by atoms with E-state index in [1.807, 2.05) is 18.2 Å². The molecule has 1 aromatic carbocycles. The summed E-state index contributed by atoms with van der Waals surface area (Å²) < 4.78 is 0. The Morgan fingerprint density at radius 2 is 1.95 bits per heavy atom. The summed E-state index contributed by atoms with van der Waals surface area (Å²) in [7, 11) is 0. The highest BCUT2D eigenvalue weighted by molar-refractivity contribution is 6.30. The molecule has 0 aromatic heterocycles. The Morgan fingerprint density at radius 1 is 1.26 bits per heavy atom. The minimum Gasteiger partial charge on any atom is -0.480 e. The largest absolute Gasteiger partial charge is 0.480 e. The third-order valence-corrected chi connectivity index (χ3v) is 4.49. The number of carboxylic acids is 1. The van der Waals surface area contributed by atoms with Crippen molar-refractivity contribution >= 4 is 17.6 Å². The lowest BCUT2D eigenvalue weighted by Crippen LogP contribution is -2.61. The Morgan fingerprint density at radius 3 is 2.63 bits per heavy atom. The Kier molecular flexibility index (Phi) is 3.25. The fourth-order valence-electron chi connectivity index (χ4n) is 3.23. The first-order chi connectivity index (χ1) is 9.12. The van der Waals surface area contributed by atoms with Crippen molar-refractivity contribution in [1.82, 2.24) is 10.2 Å². The lowest BCUT2D eigenvalue weighted by molar-refractivity contribution is -0.151. The fraction of sp³-hybridized carbons (Fsp3) is 0.500. The van der Waals surface area contributed by atoms with Gasteiger partial charge in [-0.1, -0.05) is 17.7 Å². The average Bonchev–Trinajstić information content (AvgIpc) is 2.79. The van der Waals surface area contributed by atoms with Crippen LogP contribution >= 0.6 is 11.6 Å². The minimum absolute atomic E-state index is 0.554. The molecular formula is C14H17ClN2O2. The second-order valence-corrected chi connectivity index (χ2v) is 5.78.